The zero-order valence-electron chi connectivity index (χ0n) is 14.5. The first kappa shape index (κ1) is 19.1. The van der Waals surface area contributed by atoms with Gasteiger partial charge in [0.15, 0.2) is 26.2 Å². The summed E-state index contributed by atoms with van der Waals surface area (Å²) in [6.45, 7) is 2.71. The summed E-state index contributed by atoms with van der Waals surface area (Å²) in [5, 5.41) is 9.41. The third-order valence-corrected chi connectivity index (χ3v) is 5.85. The van der Waals surface area contributed by atoms with Gasteiger partial charge in [-0.25, -0.2) is 8.42 Å². The SMILES string of the molecule is CCn1c(CNC(=O)c2ccc(CS(=O)(=O)c3ccccc3)o2)n[nH]c1=S. The average molecular weight is 406 g/mol. The molecule has 0 bridgehead atoms. The Balaban J connectivity index is 1.66. The van der Waals surface area contributed by atoms with E-state index in [2.05, 4.69) is 15.5 Å². The predicted molar refractivity (Wildman–Crippen MR) is 100 cm³/mol. The van der Waals surface area contributed by atoms with Crippen molar-refractivity contribution in [1.29, 1.82) is 0 Å². The van der Waals surface area contributed by atoms with E-state index >= 15 is 0 Å². The molecule has 0 saturated heterocycles. The molecule has 0 fully saturated rings. The van der Waals surface area contributed by atoms with E-state index in [0.717, 1.165) is 0 Å². The van der Waals surface area contributed by atoms with Crippen LogP contribution in [0.15, 0.2) is 51.8 Å². The molecule has 2 heterocycles. The molecule has 0 aliphatic rings. The fraction of sp³-hybridized carbons (Fsp3) is 0.235. The van der Waals surface area contributed by atoms with Crippen LogP contribution in [-0.4, -0.2) is 29.1 Å². The number of carbonyl (C=O) groups excluding carboxylic acids is 1. The van der Waals surface area contributed by atoms with Crippen LogP contribution < -0.4 is 5.32 Å². The van der Waals surface area contributed by atoms with Crippen molar-refractivity contribution in [3.63, 3.8) is 0 Å². The minimum absolute atomic E-state index is 0.0328. The molecule has 0 spiro atoms. The number of carbonyl (C=O) groups is 1. The molecule has 3 aromatic rings. The van der Waals surface area contributed by atoms with Crippen LogP contribution >= 0.6 is 12.2 Å². The van der Waals surface area contributed by atoms with Gasteiger partial charge < -0.3 is 14.3 Å². The van der Waals surface area contributed by atoms with Gasteiger partial charge in [-0.15, -0.1) is 0 Å². The summed E-state index contributed by atoms with van der Waals surface area (Å²) in [6, 6.07) is 11.0. The van der Waals surface area contributed by atoms with Crippen LogP contribution in [0.4, 0.5) is 0 Å². The third-order valence-electron chi connectivity index (χ3n) is 3.88. The standard InChI is InChI=1S/C17H18N4O4S2/c1-2-21-15(19-20-17(21)26)10-18-16(22)14-9-8-12(25-14)11-27(23,24)13-6-4-3-5-7-13/h3-9H,2,10-11H2,1H3,(H,18,22)(H,20,26). The molecule has 0 aliphatic carbocycles. The summed E-state index contributed by atoms with van der Waals surface area (Å²) in [4.78, 5) is 12.4. The molecule has 142 valence electrons. The molecule has 0 aliphatic heterocycles. The van der Waals surface area contributed by atoms with E-state index in [9.17, 15) is 13.2 Å². The minimum atomic E-state index is -3.54. The molecule has 0 unspecified atom stereocenters. The highest BCUT2D eigenvalue weighted by Gasteiger charge is 2.19. The van der Waals surface area contributed by atoms with E-state index in [0.29, 0.717) is 17.1 Å². The molecule has 0 atom stereocenters. The number of H-pyrrole nitrogens is 1. The Bertz CT molecular complexity index is 1100. The van der Waals surface area contributed by atoms with E-state index in [1.807, 2.05) is 6.92 Å². The Labute approximate surface area is 161 Å². The Hall–Kier alpha value is -2.72. The van der Waals surface area contributed by atoms with Crippen LogP contribution in [-0.2, 0) is 28.7 Å². The molecule has 2 aromatic heterocycles. The highest BCUT2D eigenvalue weighted by Crippen LogP contribution is 2.18. The quantitative estimate of drug-likeness (QED) is 0.583. The molecule has 1 aromatic carbocycles. The van der Waals surface area contributed by atoms with Crippen molar-refractivity contribution in [3.05, 3.63) is 64.6 Å². The lowest BCUT2D eigenvalue weighted by Crippen LogP contribution is -2.24. The monoisotopic (exact) mass is 406 g/mol. The van der Waals surface area contributed by atoms with Crippen molar-refractivity contribution >= 4 is 28.0 Å². The van der Waals surface area contributed by atoms with E-state index in [1.54, 1.807) is 22.8 Å². The van der Waals surface area contributed by atoms with Gasteiger partial charge in [-0.05, 0) is 43.4 Å². The van der Waals surface area contributed by atoms with Crippen molar-refractivity contribution in [1.82, 2.24) is 20.1 Å². The summed E-state index contributed by atoms with van der Waals surface area (Å²) in [7, 11) is -3.54. The molecule has 10 heteroatoms. The Morgan fingerprint density at radius 1 is 1.26 bits per heavy atom. The van der Waals surface area contributed by atoms with Crippen molar-refractivity contribution in [2.75, 3.05) is 0 Å². The number of nitrogens with zero attached hydrogens (tertiary/aromatic N) is 2. The molecule has 27 heavy (non-hydrogen) atoms. The lowest BCUT2D eigenvalue weighted by molar-refractivity contribution is 0.0920. The fourth-order valence-electron chi connectivity index (χ4n) is 2.53. The van der Waals surface area contributed by atoms with Gasteiger partial charge in [-0.3, -0.25) is 9.89 Å². The third kappa shape index (κ3) is 4.34. The highest BCUT2D eigenvalue weighted by atomic mass is 32.2. The zero-order chi connectivity index (χ0) is 19.4. The minimum Gasteiger partial charge on any atom is -0.455 e. The number of aromatic amines is 1. The van der Waals surface area contributed by atoms with Crippen LogP contribution in [0.3, 0.4) is 0 Å². The molecule has 0 radical (unpaired) electrons. The smallest absolute Gasteiger partial charge is 0.287 e. The Morgan fingerprint density at radius 3 is 2.70 bits per heavy atom. The molecular formula is C17H18N4O4S2. The van der Waals surface area contributed by atoms with Gasteiger partial charge in [-0.2, -0.15) is 5.10 Å². The molecule has 2 N–H and O–H groups in total. The number of hydrogen-bond acceptors (Lipinski definition) is 6. The zero-order valence-corrected chi connectivity index (χ0v) is 16.1. The number of aromatic nitrogens is 3. The summed E-state index contributed by atoms with van der Waals surface area (Å²) in [6.07, 6.45) is 0. The number of rotatable bonds is 7. The largest absolute Gasteiger partial charge is 0.455 e. The second-order valence-electron chi connectivity index (χ2n) is 5.71. The lowest BCUT2D eigenvalue weighted by atomic mass is 10.4. The van der Waals surface area contributed by atoms with Crippen LogP contribution in [0.25, 0.3) is 0 Å². The van der Waals surface area contributed by atoms with Gasteiger partial charge in [0, 0.05) is 6.54 Å². The molecular weight excluding hydrogens is 388 g/mol. The van der Waals surface area contributed by atoms with Crippen molar-refractivity contribution in [2.24, 2.45) is 0 Å². The lowest BCUT2D eigenvalue weighted by Gasteiger charge is -2.05. The topological polar surface area (TPSA) is 110 Å². The molecule has 8 nitrogen and oxygen atoms in total. The van der Waals surface area contributed by atoms with E-state index < -0.39 is 15.7 Å². The van der Waals surface area contributed by atoms with Crippen LogP contribution in [0.1, 0.15) is 29.1 Å². The predicted octanol–water partition coefficient (Wildman–Crippen LogP) is 2.46. The average Bonchev–Trinajstić information content (AvgIpc) is 3.26. The Kier molecular flexibility index (Phi) is 5.57. The summed E-state index contributed by atoms with van der Waals surface area (Å²) < 4.78 is 32.4. The summed E-state index contributed by atoms with van der Waals surface area (Å²) in [5.74, 6) is 0.0358. The number of furan rings is 1. The fourth-order valence-corrected chi connectivity index (χ4v) is 4.08. The van der Waals surface area contributed by atoms with Crippen LogP contribution in [0.5, 0.6) is 0 Å². The first-order valence-electron chi connectivity index (χ1n) is 8.19. The molecule has 0 saturated carbocycles. The number of benzene rings is 1. The number of hydrogen-bond donors (Lipinski definition) is 2. The number of nitrogens with one attached hydrogen (secondary N) is 2. The van der Waals surface area contributed by atoms with Gasteiger partial charge in [-0.1, -0.05) is 18.2 Å². The van der Waals surface area contributed by atoms with Gasteiger partial charge in [0.1, 0.15) is 11.5 Å². The first-order valence-corrected chi connectivity index (χ1v) is 10.3. The van der Waals surface area contributed by atoms with E-state index in [-0.39, 0.29) is 28.7 Å². The van der Waals surface area contributed by atoms with Crippen LogP contribution in [0.2, 0.25) is 0 Å². The van der Waals surface area contributed by atoms with Crippen molar-refractivity contribution in [2.45, 2.75) is 30.7 Å². The van der Waals surface area contributed by atoms with Crippen molar-refractivity contribution in [3.8, 4) is 0 Å². The number of sulfone groups is 1. The second kappa shape index (κ2) is 7.89. The first-order chi connectivity index (χ1) is 12.9. The van der Waals surface area contributed by atoms with E-state index in [4.69, 9.17) is 16.6 Å². The number of amides is 1. The van der Waals surface area contributed by atoms with Gasteiger partial charge in [0.25, 0.3) is 5.91 Å². The summed E-state index contributed by atoms with van der Waals surface area (Å²) >= 11 is 5.10. The molecule has 1 amide bonds. The van der Waals surface area contributed by atoms with Crippen molar-refractivity contribution < 1.29 is 17.6 Å². The van der Waals surface area contributed by atoms with Crippen LogP contribution in [0, 0.1) is 4.77 Å². The maximum Gasteiger partial charge on any atom is 0.287 e. The maximum atomic E-state index is 12.4. The van der Waals surface area contributed by atoms with E-state index in [1.165, 1.54) is 24.3 Å². The van der Waals surface area contributed by atoms with Gasteiger partial charge in [0.2, 0.25) is 0 Å². The summed E-state index contributed by atoms with van der Waals surface area (Å²) in [5.41, 5.74) is 0. The van der Waals surface area contributed by atoms with Gasteiger partial charge in [0.05, 0.1) is 11.4 Å². The Morgan fingerprint density at radius 2 is 2.00 bits per heavy atom. The maximum absolute atomic E-state index is 12.4. The molecule has 3 rings (SSSR count). The highest BCUT2D eigenvalue weighted by molar-refractivity contribution is 7.90. The van der Waals surface area contributed by atoms with Gasteiger partial charge >= 0.3 is 0 Å². The normalized spacial score (nSPS) is 11.4. The second-order valence-corrected chi connectivity index (χ2v) is 8.09.